The van der Waals surface area contributed by atoms with Gasteiger partial charge in [0, 0.05) is 12.6 Å². The number of nitrogens with zero attached hydrogens (tertiary/aromatic N) is 2. The van der Waals surface area contributed by atoms with Gasteiger partial charge in [0.05, 0.1) is 35.9 Å². The van der Waals surface area contributed by atoms with Gasteiger partial charge in [-0.15, -0.1) is 0 Å². The van der Waals surface area contributed by atoms with E-state index in [-0.39, 0.29) is 11.7 Å². The third-order valence-electron chi connectivity index (χ3n) is 3.12. The normalized spacial score (nSPS) is 22.4. The average molecular weight is 236 g/mol. The Morgan fingerprint density at radius 2 is 2.29 bits per heavy atom. The Labute approximate surface area is 97.9 Å². The molecule has 0 aromatic heterocycles. The van der Waals surface area contributed by atoms with Gasteiger partial charge in [-0.2, -0.15) is 0 Å². The average Bonchev–Trinajstić information content (AvgIpc) is 2.38. The molecule has 1 fully saturated rings. The van der Waals surface area contributed by atoms with Crippen molar-refractivity contribution < 1.29 is 14.4 Å². The first-order valence-corrected chi connectivity index (χ1v) is 5.51. The van der Waals surface area contributed by atoms with Gasteiger partial charge in [-0.05, 0) is 6.07 Å². The van der Waals surface area contributed by atoms with Crippen molar-refractivity contribution in [2.24, 2.45) is 0 Å². The highest BCUT2D eigenvalue weighted by molar-refractivity contribution is 5.64. The maximum atomic E-state index is 10.7. The number of hydrogen-bond donors (Lipinski definition) is 0. The number of nitro groups is 1. The summed E-state index contributed by atoms with van der Waals surface area (Å²) in [7, 11) is 0. The van der Waals surface area contributed by atoms with Crippen molar-refractivity contribution in [3.63, 3.8) is 0 Å². The molecule has 0 bridgehead atoms. The first-order chi connectivity index (χ1) is 8.25. The number of hydrogen-bond acceptors (Lipinski definition) is 5. The van der Waals surface area contributed by atoms with Gasteiger partial charge in [-0.25, -0.2) is 0 Å². The summed E-state index contributed by atoms with van der Waals surface area (Å²) in [5.74, 6) is 0.595. The van der Waals surface area contributed by atoms with E-state index in [1.807, 2.05) is 0 Å². The zero-order valence-electron chi connectivity index (χ0n) is 9.17. The summed E-state index contributed by atoms with van der Waals surface area (Å²) in [6.07, 6.45) is 0. The topological polar surface area (TPSA) is 64.8 Å². The second-order valence-electron chi connectivity index (χ2n) is 4.14. The van der Waals surface area contributed by atoms with E-state index in [1.54, 1.807) is 6.07 Å². The van der Waals surface area contributed by atoms with Crippen molar-refractivity contribution in [1.82, 2.24) is 0 Å². The van der Waals surface area contributed by atoms with Gasteiger partial charge in [0.2, 0.25) is 0 Å². The van der Waals surface area contributed by atoms with Crippen LogP contribution in [-0.4, -0.2) is 37.3 Å². The highest BCUT2D eigenvalue weighted by Crippen LogP contribution is 2.37. The van der Waals surface area contributed by atoms with Gasteiger partial charge < -0.3 is 14.4 Å². The van der Waals surface area contributed by atoms with Crippen LogP contribution in [-0.2, 0) is 4.74 Å². The molecule has 17 heavy (non-hydrogen) atoms. The summed E-state index contributed by atoms with van der Waals surface area (Å²) in [4.78, 5) is 12.5. The second kappa shape index (κ2) is 3.89. The molecule has 0 spiro atoms. The number of ether oxygens (including phenoxy) is 2. The van der Waals surface area contributed by atoms with E-state index in [2.05, 4.69) is 4.90 Å². The molecular weight excluding hydrogens is 224 g/mol. The van der Waals surface area contributed by atoms with Crippen LogP contribution in [0.5, 0.6) is 5.75 Å². The van der Waals surface area contributed by atoms with Crippen molar-refractivity contribution in [1.29, 1.82) is 0 Å². The molecule has 0 aliphatic carbocycles. The minimum Gasteiger partial charge on any atom is -0.489 e. The van der Waals surface area contributed by atoms with Crippen LogP contribution < -0.4 is 9.64 Å². The lowest BCUT2D eigenvalue weighted by Crippen LogP contribution is -2.51. The molecule has 1 aromatic rings. The van der Waals surface area contributed by atoms with Crippen molar-refractivity contribution in [3.8, 4) is 5.75 Å². The Hall–Kier alpha value is -1.82. The molecule has 6 nitrogen and oxygen atoms in total. The minimum atomic E-state index is -0.408. The fourth-order valence-corrected chi connectivity index (χ4v) is 2.27. The molecule has 1 saturated heterocycles. The van der Waals surface area contributed by atoms with Crippen molar-refractivity contribution in [2.45, 2.75) is 6.04 Å². The first-order valence-electron chi connectivity index (χ1n) is 5.51. The van der Waals surface area contributed by atoms with Crippen LogP contribution in [0.25, 0.3) is 0 Å². The van der Waals surface area contributed by atoms with Crippen LogP contribution in [0.4, 0.5) is 11.4 Å². The predicted octanol–water partition coefficient (Wildman–Crippen LogP) is 1.19. The van der Waals surface area contributed by atoms with E-state index >= 15 is 0 Å². The van der Waals surface area contributed by atoms with E-state index in [4.69, 9.17) is 9.47 Å². The molecule has 6 heteroatoms. The zero-order chi connectivity index (χ0) is 11.8. The fourth-order valence-electron chi connectivity index (χ4n) is 2.27. The number of benzene rings is 1. The predicted molar refractivity (Wildman–Crippen MR) is 60.5 cm³/mol. The lowest BCUT2D eigenvalue weighted by Gasteiger charge is -2.41. The highest BCUT2D eigenvalue weighted by atomic mass is 16.6. The highest BCUT2D eigenvalue weighted by Gasteiger charge is 2.31. The largest absolute Gasteiger partial charge is 0.489 e. The molecule has 2 aliphatic heterocycles. The van der Waals surface area contributed by atoms with E-state index in [1.165, 1.54) is 12.1 Å². The fraction of sp³-hybridized carbons (Fsp3) is 0.455. The molecule has 2 heterocycles. The molecule has 0 unspecified atom stereocenters. The Morgan fingerprint density at radius 1 is 1.41 bits per heavy atom. The SMILES string of the molecule is O=[N+]([O-])c1ccc2c(c1)OC[C@@H]1COCCN21. The lowest BCUT2D eigenvalue weighted by atomic mass is 10.1. The van der Waals surface area contributed by atoms with Gasteiger partial charge in [-0.1, -0.05) is 0 Å². The molecule has 0 N–H and O–H groups in total. The number of non-ortho nitro benzene ring substituents is 1. The summed E-state index contributed by atoms with van der Waals surface area (Å²) in [6, 6.07) is 4.98. The Bertz CT molecular complexity index is 463. The van der Waals surface area contributed by atoms with Crippen molar-refractivity contribution in [3.05, 3.63) is 28.3 Å². The summed E-state index contributed by atoms with van der Waals surface area (Å²) in [6.45, 7) is 2.66. The Balaban J connectivity index is 1.97. The Kier molecular flexibility index (Phi) is 2.36. The number of morpholine rings is 1. The standard InChI is InChI=1S/C11H12N2O4/c14-13(15)8-1-2-10-11(5-8)17-7-9-6-16-4-3-12(9)10/h1-2,5,9H,3-4,6-7H2/t9-/m0/s1. The zero-order valence-corrected chi connectivity index (χ0v) is 9.17. The van der Waals surface area contributed by atoms with Gasteiger partial charge in [0.1, 0.15) is 12.4 Å². The van der Waals surface area contributed by atoms with Gasteiger partial charge in [0.25, 0.3) is 5.69 Å². The van der Waals surface area contributed by atoms with Gasteiger partial charge in [-0.3, -0.25) is 10.1 Å². The third kappa shape index (κ3) is 1.70. The van der Waals surface area contributed by atoms with Crippen molar-refractivity contribution in [2.75, 3.05) is 31.3 Å². The van der Waals surface area contributed by atoms with Crippen molar-refractivity contribution >= 4 is 11.4 Å². The third-order valence-corrected chi connectivity index (χ3v) is 3.12. The van der Waals surface area contributed by atoms with E-state index in [0.29, 0.717) is 25.6 Å². The molecular formula is C11H12N2O4. The summed E-state index contributed by atoms with van der Waals surface area (Å²) in [5, 5.41) is 10.7. The maximum Gasteiger partial charge on any atom is 0.273 e. The Morgan fingerprint density at radius 3 is 3.12 bits per heavy atom. The molecule has 0 radical (unpaired) electrons. The molecule has 90 valence electrons. The lowest BCUT2D eigenvalue weighted by molar-refractivity contribution is -0.384. The number of fused-ring (bicyclic) bond motifs is 3. The van der Waals surface area contributed by atoms with Crippen LogP contribution in [0.2, 0.25) is 0 Å². The van der Waals surface area contributed by atoms with Crippen LogP contribution in [0, 0.1) is 10.1 Å². The summed E-state index contributed by atoms with van der Waals surface area (Å²) < 4.78 is 10.9. The molecule has 1 atom stereocenters. The molecule has 0 saturated carbocycles. The molecule has 3 rings (SSSR count). The number of nitro benzene ring substituents is 1. The second-order valence-corrected chi connectivity index (χ2v) is 4.14. The van der Waals surface area contributed by atoms with Gasteiger partial charge >= 0.3 is 0 Å². The van der Waals surface area contributed by atoms with Crippen LogP contribution in [0.15, 0.2) is 18.2 Å². The minimum absolute atomic E-state index is 0.0652. The van der Waals surface area contributed by atoms with Crippen LogP contribution >= 0.6 is 0 Å². The first kappa shape index (κ1) is 10.3. The van der Waals surface area contributed by atoms with Crippen LogP contribution in [0.3, 0.4) is 0 Å². The smallest absolute Gasteiger partial charge is 0.273 e. The monoisotopic (exact) mass is 236 g/mol. The summed E-state index contributed by atoms with van der Waals surface area (Å²) in [5.41, 5.74) is 0.991. The van der Waals surface area contributed by atoms with Crippen LogP contribution in [0.1, 0.15) is 0 Å². The molecule has 0 amide bonds. The summed E-state index contributed by atoms with van der Waals surface area (Å²) >= 11 is 0. The van der Waals surface area contributed by atoms with E-state index < -0.39 is 4.92 Å². The maximum absolute atomic E-state index is 10.7. The van der Waals surface area contributed by atoms with Gasteiger partial charge in [0.15, 0.2) is 0 Å². The quantitative estimate of drug-likeness (QED) is 0.541. The number of rotatable bonds is 1. The number of anilines is 1. The van der Waals surface area contributed by atoms with E-state index in [9.17, 15) is 10.1 Å². The molecule has 1 aromatic carbocycles. The van der Waals surface area contributed by atoms with E-state index in [0.717, 1.165) is 12.2 Å². The molecule has 2 aliphatic rings.